The highest BCUT2D eigenvalue weighted by Gasteiger charge is 2.40. The lowest BCUT2D eigenvalue weighted by atomic mass is 9.91. The molecular weight excluding hydrogens is 425 g/mol. The number of halogens is 2. The minimum atomic E-state index is -3.66. The molecule has 1 aliphatic heterocycles. The zero-order valence-corrected chi connectivity index (χ0v) is 17.3. The lowest BCUT2D eigenvalue weighted by Crippen LogP contribution is -2.54. The van der Waals surface area contributed by atoms with Gasteiger partial charge in [0.25, 0.3) is 5.56 Å². The van der Waals surface area contributed by atoms with Crippen molar-refractivity contribution in [1.82, 2.24) is 14.1 Å². The third kappa shape index (κ3) is 3.48. The van der Waals surface area contributed by atoms with E-state index < -0.39 is 15.6 Å². The van der Waals surface area contributed by atoms with Gasteiger partial charge < -0.3 is 4.74 Å². The van der Waals surface area contributed by atoms with Gasteiger partial charge in [-0.25, -0.2) is 8.42 Å². The SMILES string of the molecule is O=c1c(Cl)c(Cl)cnn1-c1ccc(S(=O)(=O)N2CCO[C@H]3CCCC[C@H]32)cc1. The predicted octanol–water partition coefficient (Wildman–Crippen LogP) is 2.87. The topological polar surface area (TPSA) is 81.5 Å². The monoisotopic (exact) mass is 443 g/mol. The van der Waals surface area contributed by atoms with Crippen LogP contribution in [0.4, 0.5) is 0 Å². The molecule has 1 saturated heterocycles. The highest BCUT2D eigenvalue weighted by atomic mass is 35.5. The van der Waals surface area contributed by atoms with Crippen molar-refractivity contribution < 1.29 is 13.2 Å². The molecule has 2 heterocycles. The molecule has 2 atom stereocenters. The highest BCUT2D eigenvalue weighted by molar-refractivity contribution is 7.89. The fourth-order valence-corrected chi connectivity index (χ4v) is 5.77. The van der Waals surface area contributed by atoms with Crippen LogP contribution in [0.25, 0.3) is 5.69 Å². The lowest BCUT2D eigenvalue weighted by Gasteiger charge is -2.42. The first-order chi connectivity index (χ1) is 13.4. The van der Waals surface area contributed by atoms with Gasteiger partial charge in [-0.2, -0.15) is 14.1 Å². The van der Waals surface area contributed by atoms with Crippen LogP contribution in [0.1, 0.15) is 25.7 Å². The number of hydrogen-bond donors (Lipinski definition) is 0. The van der Waals surface area contributed by atoms with Gasteiger partial charge in [-0.15, -0.1) is 0 Å². The van der Waals surface area contributed by atoms with Crippen LogP contribution in [-0.4, -0.2) is 47.8 Å². The van der Waals surface area contributed by atoms with Crippen molar-refractivity contribution in [3.05, 3.63) is 50.9 Å². The summed E-state index contributed by atoms with van der Waals surface area (Å²) in [6, 6.07) is 5.91. The standard InChI is InChI=1S/C18H19Cl2N3O4S/c19-14-11-21-23(18(24)17(14)20)12-5-7-13(8-6-12)28(25,26)22-9-10-27-16-4-2-1-3-15(16)22/h5-8,11,15-16H,1-4,9-10H2/t15-,16+/m1/s1. The minimum Gasteiger partial charge on any atom is -0.375 e. The van der Waals surface area contributed by atoms with Crippen molar-refractivity contribution in [2.75, 3.05) is 13.2 Å². The van der Waals surface area contributed by atoms with Gasteiger partial charge in [0.15, 0.2) is 0 Å². The Balaban J connectivity index is 1.65. The fraction of sp³-hybridized carbons (Fsp3) is 0.444. The molecule has 1 aliphatic carbocycles. The van der Waals surface area contributed by atoms with Gasteiger partial charge in [0.1, 0.15) is 5.02 Å². The predicted molar refractivity (Wildman–Crippen MR) is 106 cm³/mol. The van der Waals surface area contributed by atoms with Crippen molar-refractivity contribution >= 4 is 33.2 Å². The van der Waals surface area contributed by atoms with E-state index in [-0.39, 0.29) is 27.1 Å². The number of nitrogens with zero attached hydrogens (tertiary/aromatic N) is 3. The molecule has 2 aromatic rings. The molecule has 1 aromatic carbocycles. The summed E-state index contributed by atoms with van der Waals surface area (Å²) in [5, 5.41) is 3.89. The zero-order valence-electron chi connectivity index (χ0n) is 14.9. The second-order valence-corrected chi connectivity index (χ2v) is 9.57. The van der Waals surface area contributed by atoms with E-state index in [1.807, 2.05) is 0 Å². The van der Waals surface area contributed by atoms with Crippen molar-refractivity contribution in [3.63, 3.8) is 0 Å². The first-order valence-electron chi connectivity index (χ1n) is 9.07. The molecule has 10 heteroatoms. The van der Waals surface area contributed by atoms with Gasteiger partial charge in [0, 0.05) is 6.54 Å². The highest BCUT2D eigenvalue weighted by Crippen LogP contribution is 2.32. The normalized spacial score (nSPS) is 23.4. The van der Waals surface area contributed by atoms with Gasteiger partial charge in [0.2, 0.25) is 10.0 Å². The number of hydrogen-bond acceptors (Lipinski definition) is 5. The molecule has 7 nitrogen and oxygen atoms in total. The van der Waals surface area contributed by atoms with Crippen LogP contribution in [0.3, 0.4) is 0 Å². The van der Waals surface area contributed by atoms with E-state index in [1.54, 1.807) is 4.31 Å². The van der Waals surface area contributed by atoms with E-state index >= 15 is 0 Å². The largest absolute Gasteiger partial charge is 0.375 e. The van der Waals surface area contributed by atoms with E-state index in [1.165, 1.54) is 30.5 Å². The van der Waals surface area contributed by atoms with Crippen LogP contribution in [0, 0.1) is 0 Å². The summed E-state index contributed by atoms with van der Waals surface area (Å²) in [6.07, 6.45) is 5.01. The van der Waals surface area contributed by atoms with Gasteiger partial charge in [-0.1, -0.05) is 36.0 Å². The van der Waals surface area contributed by atoms with E-state index in [0.29, 0.717) is 18.8 Å². The smallest absolute Gasteiger partial charge is 0.291 e. The molecule has 4 rings (SSSR count). The van der Waals surface area contributed by atoms with Crippen LogP contribution in [-0.2, 0) is 14.8 Å². The molecule has 2 fully saturated rings. The molecule has 0 amide bonds. The Morgan fingerprint density at radius 3 is 2.57 bits per heavy atom. The van der Waals surface area contributed by atoms with Gasteiger partial charge in [0.05, 0.1) is 40.6 Å². The molecule has 0 radical (unpaired) electrons. The van der Waals surface area contributed by atoms with Crippen LogP contribution in [0.5, 0.6) is 0 Å². The molecule has 0 N–H and O–H groups in total. The Morgan fingerprint density at radius 1 is 1.11 bits per heavy atom. The molecule has 1 aromatic heterocycles. The third-order valence-electron chi connectivity index (χ3n) is 5.25. The number of sulfonamides is 1. The maximum absolute atomic E-state index is 13.2. The molecule has 0 unspecified atom stereocenters. The molecule has 0 spiro atoms. The molecule has 0 bridgehead atoms. The summed E-state index contributed by atoms with van der Waals surface area (Å²) in [4.78, 5) is 12.4. The maximum atomic E-state index is 13.2. The minimum absolute atomic E-state index is 0.0319. The Morgan fingerprint density at radius 2 is 1.82 bits per heavy atom. The summed E-state index contributed by atoms with van der Waals surface area (Å²) in [7, 11) is -3.66. The number of fused-ring (bicyclic) bond motifs is 1. The van der Waals surface area contributed by atoms with Crippen molar-refractivity contribution in [3.8, 4) is 5.69 Å². The number of ether oxygens (including phenoxy) is 1. The molecule has 2 aliphatic rings. The Hall–Kier alpha value is -1.45. The molecule has 1 saturated carbocycles. The summed E-state index contributed by atoms with van der Waals surface area (Å²) < 4.78 is 34.8. The van der Waals surface area contributed by atoms with E-state index in [2.05, 4.69) is 5.10 Å². The number of benzene rings is 1. The summed E-state index contributed by atoms with van der Waals surface area (Å²) >= 11 is 11.7. The van der Waals surface area contributed by atoms with Crippen LogP contribution in [0.2, 0.25) is 10.0 Å². The van der Waals surface area contributed by atoms with Gasteiger partial charge in [-0.3, -0.25) is 4.79 Å². The Bertz CT molecular complexity index is 1040. The fourth-order valence-electron chi connectivity index (χ4n) is 3.85. The van der Waals surface area contributed by atoms with Crippen molar-refractivity contribution in [2.45, 2.75) is 42.7 Å². The maximum Gasteiger partial charge on any atom is 0.291 e. The first-order valence-corrected chi connectivity index (χ1v) is 11.3. The number of rotatable bonds is 3. The first kappa shape index (κ1) is 19.8. The summed E-state index contributed by atoms with van der Waals surface area (Å²) in [6.45, 7) is 0.750. The van der Waals surface area contributed by atoms with Crippen LogP contribution < -0.4 is 5.56 Å². The van der Waals surface area contributed by atoms with Crippen LogP contribution >= 0.6 is 23.2 Å². The number of aromatic nitrogens is 2. The van der Waals surface area contributed by atoms with E-state index in [0.717, 1.165) is 30.4 Å². The lowest BCUT2D eigenvalue weighted by molar-refractivity contribution is -0.0586. The molecule has 28 heavy (non-hydrogen) atoms. The summed E-state index contributed by atoms with van der Waals surface area (Å²) in [5.41, 5.74) is -0.164. The van der Waals surface area contributed by atoms with E-state index in [9.17, 15) is 13.2 Å². The quantitative estimate of drug-likeness (QED) is 0.728. The van der Waals surface area contributed by atoms with Crippen molar-refractivity contribution in [2.24, 2.45) is 0 Å². The zero-order chi connectivity index (χ0) is 19.9. The molecule has 150 valence electrons. The van der Waals surface area contributed by atoms with Gasteiger partial charge in [-0.05, 0) is 37.1 Å². The third-order valence-corrected chi connectivity index (χ3v) is 7.93. The van der Waals surface area contributed by atoms with E-state index in [4.69, 9.17) is 27.9 Å². The Labute approximate surface area is 172 Å². The van der Waals surface area contributed by atoms with Crippen molar-refractivity contribution in [1.29, 1.82) is 0 Å². The second-order valence-electron chi connectivity index (χ2n) is 6.89. The second kappa shape index (κ2) is 7.76. The average molecular weight is 444 g/mol. The molecular formula is C18H19Cl2N3O4S. The Kier molecular flexibility index (Phi) is 5.50. The van der Waals surface area contributed by atoms with Gasteiger partial charge >= 0.3 is 0 Å². The average Bonchev–Trinajstić information content (AvgIpc) is 2.72. The number of morpholine rings is 1. The van der Waals surface area contributed by atoms with Crippen LogP contribution in [0.15, 0.2) is 40.2 Å². The summed E-state index contributed by atoms with van der Waals surface area (Å²) in [5.74, 6) is 0.